The lowest BCUT2D eigenvalue weighted by Crippen LogP contribution is -2.20. The van der Waals surface area contributed by atoms with Crippen LogP contribution in [0.4, 0.5) is 0 Å². The highest BCUT2D eigenvalue weighted by molar-refractivity contribution is 7.92. The number of hydrogen-bond acceptors (Lipinski definition) is 3. The quantitative estimate of drug-likeness (QED) is 0.776. The monoisotopic (exact) mass is 253 g/mol. The standard InChI is InChI=1S/C8H9Cl2NO2S/c1-6(5-9)14(12,13)8-7(10)3-2-4-11-8/h2-4,6H,5H2,1H3. The van der Waals surface area contributed by atoms with Gasteiger partial charge in [0.05, 0.1) is 10.3 Å². The molecule has 6 heteroatoms. The van der Waals surface area contributed by atoms with Gasteiger partial charge in [-0.2, -0.15) is 0 Å². The molecule has 78 valence electrons. The summed E-state index contributed by atoms with van der Waals surface area (Å²) in [4.78, 5) is 3.74. The van der Waals surface area contributed by atoms with Gasteiger partial charge in [-0.05, 0) is 19.1 Å². The summed E-state index contributed by atoms with van der Waals surface area (Å²) in [6.45, 7) is 1.52. The van der Waals surface area contributed by atoms with Crippen molar-refractivity contribution in [2.24, 2.45) is 0 Å². The Morgan fingerprint density at radius 3 is 2.71 bits per heavy atom. The summed E-state index contributed by atoms with van der Waals surface area (Å²) in [7, 11) is -3.49. The Morgan fingerprint density at radius 1 is 1.57 bits per heavy atom. The predicted molar refractivity (Wildman–Crippen MR) is 56.6 cm³/mol. The summed E-state index contributed by atoms with van der Waals surface area (Å²) in [5.41, 5.74) is 0. The minimum Gasteiger partial charge on any atom is -0.243 e. The first kappa shape index (κ1) is 11.8. The van der Waals surface area contributed by atoms with E-state index < -0.39 is 15.1 Å². The molecular formula is C8H9Cl2NO2S. The highest BCUT2D eigenvalue weighted by Crippen LogP contribution is 2.22. The van der Waals surface area contributed by atoms with Crippen LogP contribution in [0.3, 0.4) is 0 Å². The zero-order valence-corrected chi connectivity index (χ0v) is 9.77. The van der Waals surface area contributed by atoms with E-state index in [0.717, 1.165) is 0 Å². The van der Waals surface area contributed by atoms with E-state index in [4.69, 9.17) is 23.2 Å². The second-order valence-corrected chi connectivity index (χ2v) is 5.80. The van der Waals surface area contributed by atoms with Crippen LogP contribution in [-0.2, 0) is 9.84 Å². The minimum absolute atomic E-state index is 0.0231. The Hall–Kier alpha value is -0.320. The molecule has 0 saturated carbocycles. The number of hydrogen-bond donors (Lipinski definition) is 0. The topological polar surface area (TPSA) is 47.0 Å². The summed E-state index contributed by atoms with van der Waals surface area (Å²) in [5.74, 6) is 0.0231. The van der Waals surface area contributed by atoms with Crippen LogP contribution in [0.1, 0.15) is 6.92 Å². The van der Waals surface area contributed by atoms with Gasteiger partial charge in [-0.15, -0.1) is 11.6 Å². The van der Waals surface area contributed by atoms with Crippen LogP contribution in [0.2, 0.25) is 5.02 Å². The third-order valence-electron chi connectivity index (χ3n) is 1.74. The van der Waals surface area contributed by atoms with Gasteiger partial charge in [0.15, 0.2) is 5.03 Å². The van der Waals surface area contributed by atoms with Gasteiger partial charge in [0, 0.05) is 12.1 Å². The molecule has 0 aliphatic carbocycles. The van der Waals surface area contributed by atoms with Crippen LogP contribution in [0.15, 0.2) is 23.4 Å². The lowest BCUT2D eigenvalue weighted by atomic mass is 10.5. The SMILES string of the molecule is CC(CCl)S(=O)(=O)c1ncccc1Cl. The zero-order valence-electron chi connectivity index (χ0n) is 7.44. The Labute approximate surface area is 93.0 Å². The van der Waals surface area contributed by atoms with Crippen LogP contribution in [0.25, 0.3) is 0 Å². The van der Waals surface area contributed by atoms with Gasteiger partial charge >= 0.3 is 0 Å². The van der Waals surface area contributed by atoms with Crippen molar-refractivity contribution in [3.63, 3.8) is 0 Å². The number of aromatic nitrogens is 1. The first-order valence-corrected chi connectivity index (χ1v) is 6.36. The van der Waals surface area contributed by atoms with E-state index in [1.807, 2.05) is 0 Å². The molecule has 1 rings (SSSR count). The van der Waals surface area contributed by atoms with Gasteiger partial charge < -0.3 is 0 Å². The van der Waals surface area contributed by atoms with Gasteiger partial charge in [-0.3, -0.25) is 0 Å². The van der Waals surface area contributed by atoms with Crippen LogP contribution in [0.5, 0.6) is 0 Å². The molecule has 0 N–H and O–H groups in total. The van der Waals surface area contributed by atoms with Crippen molar-refractivity contribution in [3.05, 3.63) is 23.4 Å². The number of pyridine rings is 1. The molecule has 14 heavy (non-hydrogen) atoms. The van der Waals surface area contributed by atoms with Crippen molar-refractivity contribution >= 4 is 33.0 Å². The molecule has 1 heterocycles. The number of nitrogens with zero attached hydrogens (tertiary/aromatic N) is 1. The molecule has 0 aliphatic rings. The van der Waals surface area contributed by atoms with Gasteiger partial charge in [-0.25, -0.2) is 13.4 Å². The molecule has 0 radical (unpaired) electrons. The van der Waals surface area contributed by atoms with Crippen LogP contribution in [0, 0.1) is 0 Å². The maximum atomic E-state index is 11.8. The molecule has 1 unspecified atom stereocenters. The minimum atomic E-state index is -3.49. The fraction of sp³-hybridized carbons (Fsp3) is 0.375. The third kappa shape index (κ3) is 2.19. The van der Waals surface area contributed by atoms with Crippen molar-refractivity contribution in [2.75, 3.05) is 5.88 Å². The van der Waals surface area contributed by atoms with Crippen molar-refractivity contribution in [2.45, 2.75) is 17.2 Å². The van der Waals surface area contributed by atoms with Crippen molar-refractivity contribution < 1.29 is 8.42 Å². The van der Waals surface area contributed by atoms with Crippen molar-refractivity contribution in [3.8, 4) is 0 Å². The van der Waals surface area contributed by atoms with Crippen molar-refractivity contribution in [1.29, 1.82) is 0 Å². The van der Waals surface area contributed by atoms with E-state index in [0.29, 0.717) is 0 Å². The maximum Gasteiger partial charge on any atom is 0.200 e. The number of alkyl halides is 1. The lowest BCUT2D eigenvalue weighted by Gasteiger charge is -2.09. The summed E-state index contributed by atoms with van der Waals surface area (Å²) in [6.07, 6.45) is 1.39. The Bertz CT molecular complexity index is 419. The number of sulfone groups is 1. The summed E-state index contributed by atoms with van der Waals surface area (Å²) < 4.78 is 23.5. The predicted octanol–water partition coefficient (Wildman–Crippen LogP) is 2.14. The average molecular weight is 254 g/mol. The second-order valence-electron chi connectivity index (χ2n) is 2.80. The van der Waals surface area contributed by atoms with Gasteiger partial charge in [0.1, 0.15) is 0 Å². The van der Waals surface area contributed by atoms with E-state index in [1.165, 1.54) is 19.2 Å². The molecule has 0 fully saturated rings. The average Bonchev–Trinajstić information content (AvgIpc) is 2.17. The first-order valence-electron chi connectivity index (χ1n) is 3.90. The second kappa shape index (κ2) is 4.47. The molecule has 0 saturated heterocycles. The van der Waals surface area contributed by atoms with Gasteiger partial charge in [0.2, 0.25) is 9.84 Å². The highest BCUT2D eigenvalue weighted by Gasteiger charge is 2.25. The molecule has 1 atom stereocenters. The number of halogens is 2. The summed E-state index contributed by atoms with van der Waals surface area (Å²) in [5, 5.41) is -0.657. The Kier molecular flexibility index (Phi) is 3.75. The molecule has 0 aromatic carbocycles. The summed E-state index contributed by atoms with van der Waals surface area (Å²) >= 11 is 11.2. The zero-order chi connectivity index (χ0) is 10.8. The maximum absolute atomic E-state index is 11.8. The van der Waals surface area contributed by atoms with Crippen LogP contribution >= 0.6 is 23.2 Å². The fourth-order valence-electron chi connectivity index (χ4n) is 0.854. The van der Waals surface area contributed by atoms with E-state index in [2.05, 4.69) is 4.98 Å². The molecule has 0 bridgehead atoms. The summed E-state index contributed by atoms with van der Waals surface area (Å²) in [6, 6.07) is 3.06. The number of rotatable bonds is 3. The van der Waals surface area contributed by atoms with E-state index >= 15 is 0 Å². The highest BCUT2D eigenvalue weighted by atomic mass is 35.5. The lowest BCUT2D eigenvalue weighted by molar-refractivity contribution is 0.584. The van der Waals surface area contributed by atoms with Crippen LogP contribution in [-0.4, -0.2) is 24.5 Å². The molecule has 3 nitrogen and oxygen atoms in total. The van der Waals surface area contributed by atoms with Gasteiger partial charge in [0.25, 0.3) is 0 Å². The van der Waals surface area contributed by atoms with Crippen molar-refractivity contribution in [1.82, 2.24) is 4.98 Å². The molecule has 0 amide bonds. The van der Waals surface area contributed by atoms with Gasteiger partial charge in [-0.1, -0.05) is 11.6 Å². The van der Waals surface area contributed by atoms with E-state index in [9.17, 15) is 8.42 Å². The Morgan fingerprint density at radius 2 is 2.21 bits per heavy atom. The van der Waals surface area contributed by atoms with Crippen LogP contribution < -0.4 is 0 Å². The first-order chi connectivity index (χ1) is 6.50. The largest absolute Gasteiger partial charge is 0.243 e. The smallest absolute Gasteiger partial charge is 0.200 e. The molecule has 0 spiro atoms. The molecule has 0 aliphatic heterocycles. The molecule has 1 aromatic rings. The molecular weight excluding hydrogens is 245 g/mol. The fourth-order valence-corrected chi connectivity index (χ4v) is 2.89. The van der Waals surface area contributed by atoms with E-state index in [1.54, 1.807) is 6.07 Å². The Balaban J connectivity index is 3.24. The normalized spacial score (nSPS) is 13.9. The molecule has 1 aromatic heterocycles. The third-order valence-corrected chi connectivity index (χ3v) is 4.89. The van der Waals surface area contributed by atoms with E-state index in [-0.39, 0.29) is 15.9 Å².